The highest BCUT2D eigenvalue weighted by molar-refractivity contribution is 5.40. The van der Waals surface area contributed by atoms with Crippen molar-refractivity contribution in [1.82, 2.24) is 0 Å². The Labute approximate surface area is 70.3 Å². The van der Waals surface area contributed by atoms with Crippen LogP contribution in [-0.2, 0) is 0 Å². The third-order valence-corrected chi connectivity index (χ3v) is 1.43. The van der Waals surface area contributed by atoms with Crippen LogP contribution in [0.3, 0.4) is 0 Å². The largest absolute Gasteiger partial charge is 0.0955 e. The van der Waals surface area contributed by atoms with Crippen LogP contribution in [0.25, 0.3) is 0 Å². The van der Waals surface area contributed by atoms with Gasteiger partial charge in [-0.25, -0.2) is 0 Å². The highest BCUT2D eigenvalue weighted by Gasteiger charge is 1.95. The molecule has 0 saturated carbocycles. The maximum Gasteiger partial charge on any atom is -0.0247 e. The van der Waals surface area contributed by atoms with Crippen molar-refractivity contribution in [3.63, 3.8) is 0 Å². The van der Waals surface area contributed by atoms with Gasteiger partial charge in [0.15, 0.2) is 0 Å². The van der Waals surface area contributed by atoms with Crippen LogP contribution in [0.5, 0.6) is 0 Å². The average molecular weight is 150 g/mol. The average Bonchev–Trinajstić information content (AvgIpc) is 1.81. The van der Waals surface area contributed by atoms with Crippen molar-refractivity contribution >= 4 is 0 Å². The van der Waals surface area contributed by atoms with Crippen molar-refractivity contribution in [3.8, 4) is 0 Å². The molecule has 0 bridgehead atoms. The molecule has 0 radical (unpaired) electrons. The van der Waals surface area contributed by atoms with Gasteiger partial charge < -0.3 is 0 Å². The Balaban J connectivity index is 4.81. The molecular weight excluding hydrogens is 132 g/mol. The van der Waals surface area contributed by atoms with Crippen LogP contribution in [0.15, 0.2) is 34.9 Å². The van der Waals surface area contributed by atoms with Crippen molar-refractivity contribution in [2.75, 3.05) is 0 Å². The summed E-state index contributed by atoms with van der Waals surface area (Å²) in [5.41, 5.74) is 5.08. The topological polar surface area (TPSA) is 0 Å². The Morgan fingerprint density at radius 1 is 1.00 bits per heavy atom. The minimum Gasteiger partial charge on any atom is -0.0955 e. The quantitative estimate of drug-likeness (QED) is 0.524. The van der Waals surface area contributed by atoms with E-state index in [9.17, 15) is 0 Å². The second-order valence-electron chi connectivity index (χ2n) is 3.42. The van der Waals surface area contributed by atoms with Gasteiger partial charge >= 0.3 is 0 Å². The van der Waals surface area contributed by atoms with Crippen molar-refractivity contribution in [1.29, 1.82) is 0 Å². The molecule has 0 spiro atoms. The standard InChI is InChI=1S/C11H18/c1-8(2)7-11(9(3)4)10(5)6/h7H,3H2,1-2,4-6H3. The molecule has 0 aromatic carbocycles. The minimum absolute atomic E-state index is 1.14. The van der Waals surface area contributed by atoms with Gasteiger partial charge in [0.05, 0.1) is 0 Å². The lowest BCUT2D eigenvalue weighted by Crippen LogP contribution is -1.84. The van der Waals surface area contributed by atoms with Crippen molar-refractivity contribution < 1.29 is 0 Å². The summed E-state index contributed by atoms with van der Waals surface area (Å²) in [6, 6.07) is 0. The molecule has 0 aliphatic heterocycles. The van der Waals surface area contributed by atoms with Crippen molar-refractivity contribution in [2.24, 2.45) is 0 Å². The highest BCUT2D eigenvalue weighted by atomic mass is 14.0. The molecule has 0 heterocycles. The number of hydrogen-bond donors (Lipinski definition) is 0. The Kier molecular flexibility index (Phi) is 3.88. The molecule has 62 valence electrons. The molecule has 0 nitrogen and oxygen atoms in total. The molecule has 0 fully saturated rings. The Morgan fingerprint density at radius 3 is 1.55 bits per heavy atom. The summed E-state index contributed by atoms with van der Waals surface area (Å²) in [6.45, 7) is 14.4. The van der Waals surface area contributed by atoms with E-state index in [0.717, 1.165) is 5.57 Å². The first-order chi connectivity index (χ1) is 4.95. The fourth-order valence-corrected chi connectivity index (χ4v) is 0.983. The Hall–Kier alpha value is -0.780. The van der Waals surface area contributed by atoms with E-state index in [1.54, 1.807) is 0 Å². The summed E-state index contributed by atoms with van der Waals surface area (Å²) in [7, 11) is 0. The number of allylic oxidation sites excluding steroid dienone is 5. The third kappa shape index (κ3) is 3.82. The lowest BCUT2D eigenvalue weighted by Gasteiger charge is -2.04. The fraction of sp³-hybridized carbons (Fsp3) is 0.455. The normalized spacial score (nSPS) is 8.82. The number of rotatable bonds is 2. The summed E-state index contributed by atoms with van der Waals surface area (Å²) in [6.07, 6.45) is 2.18. The van der Waals surface area contributed by atoms with E-state index in [4.69, 9.17) is 0 Å². The maximum absolute atomic E-state index is 3.93. The molecule has 0 heteroatoms. The number of hydrogen-bond acceptors (Lipinski definition) is 0. The van der Waals surface area contributed by atoms with Gasteiger partial charge in [-0.3, -0.25) is 0 Å². The Morgan fingerprint density at radius 2 is 1.45 bits per heavy atom. The first-order valence-corrected chi connectivity index (χ1v) is 3.93. The van der Waals surface area contributed by atoms with Crippen LogP contribution in [-0.4, -0.2) is 0 Å². The SMILES string of the molecule is C=C(C)C(C=C(C)C)=C(C)C. The highest BCUT2D eigenvalue weighted by Crippen LogP contribution is 2.15. The fourth-order valence-electron chi connectivity index (χ4n) is 0.983. The van der Waals surface area contributed by atoms with E-state index in [2.05, 4.69) is 40.3 Å². The summed E-state index contributed by atoms with van der Waals surface area (Å²) in [5, 5.41) is 0. The van der Waals surface area contributed by atoms with E-state index in [1.165, 1.54) is 16.7 Å². The first kappa shape index (κ1) is 10.2. The molecule has 0 saturated heterocycles. The van der Waals surface area contributed by atoms with Gasteiger partial charge in [0.2, 0.25) is 0 Å². The molecule has 0 amide bonds. The van der Waals surface area contributed by atoms with Gasteiger partial charge in [0.25, 0.3) is 0 Å². The van der Waals surface area contributed by atoms with Crippen LogP contribution in [0, 0.1) is 0 Å². The minimum atomic E-state index is 1.14. The lowest BCUT2D eigenvalue weighted by atomic mass is 10.0. The van der Waals surface area contributed by atoms with Crippen LogP contribution >= 0.6 is 0 Å². The van der Waals surface area contributed by atoms with E-state index >= 15 is 0 Å². The van der Waals surface area contributed by atoms with E-state index in [-0.39, 0.29) is 0 Å². The lowest BCUT2D eigenvalue weighted by molar-refractivity contribution is 1.26. The zero-order valence-corrected chi connectivity index (χ0v) is 8.28. The smallest absolute Gasteiger partial charge is 0.0247 e. The van der Waals surface area contributed by atoms with Gasteiger partial charge in [0, 0.05) is 0 Å². The monoisotopic (exact) mass is 150 g/mol. The van der Waals surface area contributed by atoms with Crippen molar-refractivity contribution in [2.45, 2.75) is 34.6 Å². The molecule has 0 aromatic heterocycles. The second kappa shape index (κ2) is 4.17. The molecule has 11 heavy (non-hydrogen) atoms. The van der Waals surface area contributed by atoms with Crippen LogP contribution in [0.2, 0.25) is 0 Å². The van der Waals surface area contributed by atoms with Crippen LogP contribution in [0.4, 0.5) is 0 Å². The molecule has 0 aliphatic carbocycles. The van der Waals surface area contributed by atoms with Gasteiger partial charge in [-0.15, -0.1) is 0 Å². The summed E-state index contributed by atoms with van der Waals surface area (Å²) in [5.74, 6) is 0. The van der Waals surface area contributed by atoms with Gasteiger partial charge in [-0.05, 0) is 40.2 Å². The summed E-state index contributed by atoms with van der Waals surface area (Å²) in [4.78, 5) is 0. The predicted octanol–water partition coefficient (Wildman–Crippen LogP) is 3.87. The van der Waals surface area contributed by atoms with Crippen molar-refractivity contribution in [3.05, 3.63) is 34.9 Å². The predicted molar refractivity (Wildman–Crippen MR) is 52.6 cm³/mol. The first-order valence-electron chi connectivity index (χ1n) is 3.93. The molecule has 0 N–H and O–H groups in total. The zero-order valence-electron chi connectivity index (χ0n) is 8.28. The van der Waals surface area contributed by atoms with Gasteiger partial charge in [-0.1, -0.05) is 29.4 Å². The molecular formula is C11H18. The molecule has 0 aliphatic rings. The van der Waals surface area contributed by atoms with Gasteiger partial charge in [-0.2, -0.15) is 0 Å². The maximum atomic E-state index is 3.93. The summed E-state index contributed by atoms with van der Waals surface area (Å²) >= 11 is 0. The summed E-state index contributed by atoms with van der Waals surface area (Å²) < 4.78 is 0. The third-order valence-electron chi connectivity index (χ3n) is 1.43. The molecule has 0 aromatic rings. The van der Waals surface area contributed by atoms with Crippen LogP contribution in [0.1, 0.15) is 34.6 Å². The molecule has 0 atom stereocenters. The molecule has 0 rings (SSSR count). The van der Waals surface area contributed by atoms with E-state index < -0.39 is 0 Å². The van der Waals surface area contributed by atoms with E-state index in [0.29, 0.717) is 0 Å². The Bertz CT molecular complexity index is 206. The van der Waals surface area contributed by atoms with Gasteiger partial charge in [0.1, 0.15) is 0 Å². The van der Waals surface area contributed by atoms with E-state index in [1.807, 2.05) is 6.92 Å². The zero-order chi connectivity index (χ0) is 9.02. The molecule has 0 unspecified atom stereocenters. The second-order valence-corrected chi connectivity index (χ2v) is 3.42. The van der Waals surface area contributed by atoms with Crippen LogP contribution < -0.4 is 0 Å².